The Morgan fingerprint density at radius 1 is 0.913 bits per heavy atom. The van der Waals surface area contributed by atoms with Gasteiger partial charge in [-0.1, -0.05) is 81.5 Å². The van der Waals surface area contributed by atoms with Crippen molar-refractivity contribution in [2.24, 2.45) is 0 Å². The van der Waals surface area contributed by atoms with Crippen LogP contribution >= 0.6 is 0 Å². The maximum Gasteiger partial charge on any atom is 0.126 e. The summed E-state index contributed by atoms with van der Waals surface area (Å²) in [5.74, 6) is 1.23. The van der Waals surface area contributed by atoms with Crippen LogP contribution in [0.25, 0.3) is 12.2 Å². The molecule has 0 spiro atoms. The Kier molecular flexibility index (Phi) is 8.99. The summed E-state index contributed by atoms with van der Waals surface area (Å²) in [4.78, 5) is 0. The molecule has 0 fully saturated rings. The van der Waals surface area contributed by atoms with Crippen molar-refractivity contribution in [2.45, 2.75) is 26.2 Å². The van der Waals surface area contributed by atoms with Crippen molar-refractivity contribution in [3.05, 3.63) is 72.8 Å². The fraction of sp³-hybridized carbons (Fsp3) is 0.238. The van der Waals surface area contributed by atoms with Crippen LogP contribution in [0.2, 0.25) is 0 Å². The van der Waals surface area contributed by atoms with E-state index in [-0.39, 0.29) is 5.75 Å². The van der Waals surface area contributed by atoms with Crippen molar-refractivity contribution in [2.75, 3.05) is 6.61 Å². The number of benzene rings is 2. The van der Waals surface area contributed by atoms with Crippen LogP contribution in [0.1, 0.15) is 37.3 Å². The highest BCUT2D eigenvalue weighted by molar-refractivity contribution is 5.55. The Balaban J connectivity index is 0.000000253. The third-order valence-electron chi connectivity index (χ3n) is 3.30. The highest BCUT2D eigenvalue weighted by atomic mass is 16.5. The molecule has 0 aliphatic heterocycles. The zero-order valence-corrected chi connectivity index (χ0v) is 13.9. The van der Waals surface area contributed by atoms with E-state index >= 15 is 0 Å². The lowest BCUT2D eigenvalue weighted by atomic mass is 10.2. The maximum absolute atomic E-state index is 9.04. The molecular formula is C21H26O2. The molecule has 0 aliphatic carbocycles. The predicted octanol–water partition coefficient (Wildman–Crippen LogP) is 5.93. The van der Waals surface area contributed by atoms with Gasteiger partial charge in [-0.25, -0.2) is 0 Å². The summed E-state index contributed by atoms with van der Waals surface area (Å²) in [6, 6.07) is 15.1. The monoisotopic (exact) mass is 310 g/mol. The van der Waals surface area contributed by atoms with E-state index in [0.717, 1.165) is 29.9 Å². The van der Waals surface area contributed by atoms with Crippen molar-refractivity contribution >= 4 is 12.2 Å². The second-order valence-electron chi connectivity index (χ2n) is 5.06. The summed E-state index contributed by atoms with van der Waals surface area (Å²) >= 11 is 0. The molecule has 2 rings (SSSR count). The molecule has 0 saturated heterocycles. The number of unbranched alkanes of at least 4 members (excludes halogenated alkanes) is 2. The Labute approximate surface area is 139 Å². The van der Waals surface area contributed by atoms with E-state index in [4.69, 9.17) is 9.84 Å². The Bertz CT molecular complexity index is 602. The second kappa shape index (κ2) is 11.1. The number of aromatic hydroxyl groups is 1. The minimum Gasteiger partial charge on any atom is -0.507 e. The van der Waals surface area contributed by atoms with Crippen LogP contribution in [0, 0.1) is 0 Å². The molecule has 0 aliphatic rings. The van der Waals surface area contributed by atoms with Crippen LogP contribution in [0.15, 0.2) is 61.7 Å². The van der Waals surface area contributed by atoms with E-state index in [1.54, 1.807) is 18.2 Å². The molecule has 0 aromatic heterocycles. The number of rotatable bonds is 7. The van der Waals surface area contributed by atoms with Crippen LogP contribution in [0.4, 0.5) is 0 Å². The van der Waals surface area contributed by atoms with E-state index < -0.39 is 0 Å². The molecule has 2 aromatic rings. The predicted molar refractivity (Wildman–Crippen MR) is 99.8 cm³/mol. The fourth-order valence-electron chi connectivity index (χ4n) is 1.97. The summed E-state index contributed by atoms with van der Waals surface area (Å²) < 4.78 is 5.66. The number of ether oxygens (including phenoxy) is 1. The van der Waals surface area contributed by atoms with Gasteiger partial charge in [0.05, 0.1) is 6.61 Å². The van der Waals surface area contributed by atoms with E-state index in [0.29, 0.717) is 0 Å². The number of para-hydroxylation sites is 2. The van der Waals surface area contributed by atoms with E-state index in [1.807, 2.05) is 42.5 Å². The van der Waals surface area contributed by atoms with Gasteiger partial charge in [-0.05, 0) is 18.6 Å². The molecule has 23 heavy (non-hydrogen) atoms. The summed E-state index contributed by atoms with van der Waals surface area (Å²) in [6.45, 7) is 10.3. The van der Waals surface area contributed by atoms with Crippen LogP contribution in [0.3, 0.4) is 0 Å². The third-order valence-corrected chi connectivity index (χ3v) is 3.30. The summed E-state index contributed by atoms with van der Waals surface area (Å²) in [5.41, 5.74) is 1.85. The topological polar surface area (TPSA) is 29.5 Å². The molecule has 2 nitrogen and oxygen atoms in total. The highest BCUT2D eigenvalue weighted by Gasteiger charge is 1.97. The number of phenols is 1. The van der Waals surface area contributed by atoms with Gasteiger partial charge < -0.3 is 9.84 Å². The second-order valence-corrected chi connectivity index (χ2v) is 5.06. The summed E-state index contributed by atoms with van der Waals surface area (Å²) in [5, 5.41) is 9.04. The fourth-order valence-corrected chi connectivity index (χ4v) is 1.97. The van der Waals surface area contributed by atoms with Gasteiger partial charge in [0, 0.05) is 11.1 Å². The molecule has 0 bridgehead atoms. The first-order valence-electron chi connectivity index (χ1n) is 7.97. The molecule has 0 saturated carbocycles. The molecule has 0 heterocycles. The van der Waals surface area contributed by atoms with Gasteiger partial charge in [-0.15, -0.1) is 0 Å². The minimum absolute atomic E-state index is 0.285. The Morgan fingerprint density at radius 3 is 2.09 bits per heavy atom. The lowest BCUT2D eigenvalue weighted by molar-refractivity contribution is 0.305. The SMILES string of the molecule is C=Cc1ccccc1O.C=Cc1ccccc1OCCCCC. The maximum atomic E-state index is 9.04. The number of phenolic OH excluding ortho intramolecular Hbond substituents is 1. The Morgan fingerprint density at radius 2 is 1.52 bits per heavy atom. The summed E-state index contributed by atoms with van der Waals surface area (Å²) in [7, 11) is 0. The molecule has 0 amide bonds. The van der Waals surface area contributed by atoms with Crippen LogP contribution in [0.5, 0.6) is 11.5 Å². The Hall–Kier alpha value is -2.48. The highest BCUT2D eigenvalue weighted by Crippen LogP contribution is 2.19. The first kappa shape index (κ1) is 18.6. The van der Waals surface area contributed by atoms with Gasteiger partial charge in [-0.3, -0.25) is 0 Å². The largest absolute Gasteiger partial charge is 0.507 e. The average Bonchev–Trinajstić information content (AvgIpc) is 2.60. The lowest BCUT2D eigenvalue weighted by Crippen LogP contribution is -1.98. The van der Waals surface area contributed by atoms with E-state index in [1.165, 1.54) is 12.8 Å². The quantitative estimate of drug-likeness (QED) is 0.642. The van der Waals surface area contributed by atoms with E-state index in [9.17, 15) is 0 Å². The van der Waals surface area contributed by atoms with Gasteiger partial charge in [0.1, 0.15) is 11.5 Å². The van der Waals surface area contributed by atoms with Gasteiger partial charge in [0.15, 0.2) is 0 Å². The first-order valence-corrected chi connectivity index (χ1v) is 7.97. The molecule has 122 valence electrons. The molecular weight excluding hydrogens is 284 g/mol. The van der Waals surface area contributed by atoms with E-state index in [2.05, 4.69) is 20.1 Å². The molecule has 0 unspecified atom stereocenters. The summed E-state index contributed by atoms with van der Waals surface area (Å²) in [6.07, 6.45) is 7.04. The smallest absolute Gasteiger partial charge is 0.126 e. The van der Waals surface area contributed by atoms with Crippen LogP contribution in [-0.4, -0.2) is 11.7 Å². The van der Waals surface area contributed by atoms with Gasteiger partial charge in [-0.2, -0.15) is 0 Å². The van der Waals surface area contributed by atoms with Crippen LogP contribution < -0.4 is 4.74 Å². The normalized spacial score (nSPS) is 9.43. The van der Waals surface area contributed by atoms with Crippen molar-refractivity contribution in [3.63, 3.8) is 0 Å². The lowest BCUT2D eigenvalue weighted by Gasteiger charge is -2.08. The number of hydrogen-bond acceptors (Lipinski definition) is 2. The molecule has 0 atom stereocenters. The van der Waals surface area contributed by atoms with Gasteiger partial charge >= 0.3 is 0 Å². The first-order chi connectivity index (χ1) is 11.2. The van der Waals surface area contributed by atoms with Gasteiger partial charge in [0.25, 0.3) is 0 Å². The van der Waals surface area contributed by atoms with Crippen molar-refractivity contribution in [1.82, 2.24) is 0 Å². The molecule has 2 heteroatoms. The van der Waals surface area contributed by atoms with Crippen LogP contribution in [-0.2, 0) is 0 Å². The molecule has 1 N–H and O–H groups in total. The molecule has 2 aromatic carbocycles. The third kappa shape index (κ3) is 6.88. The van der Waals surface area contributed by atoms with Crippen molar-refractivity contribution in [3.8, 4) is 11.5 Å². The standard InChI is InChI=1S/C13H18O.C8H8O/c1-3-5-8-11-14-13-10-7-6-9-12(13)4-2;1-2-7-5-3-4-6-8(7)9/h4,6-7,9-10H,2-3,5,8,11H2,1H3;2-6,9H,1H2. The van der Waals surface area contributed by atoms with Crippen molar-refractivity contribution < 1.29 is 9.84 Å². The number of hydrogen-bond donors (Lipinski definition) is 1. The van der Waals surface area contributed by atoms with Gasteiger partial charge in [0.2, 0.25) is 0 Å². The zero-order valence-electron chi connectivity index (χ0n) is 13.9. The minimum atomic E-state index is 0.285. The van der Waals surface area contributed by atoms with Crippen molar-refractivity contribution in [1.29, 1.82) is 0 Å². The average molecular weight is 310 g/mol. The zero-order chi connectivity index (χ0) is 16.9. The molecule has 0 radical (unpaired) electrons.